The lowest BCUT2D eigenvalue weighted by atomic mass is 10.1. The molecule has 0 saturated carbocycles. The highest BCUT2D eigenvalue weighted by molar-refractivity contribution is 6.40. The second kappa shape index (κ2) is 9.85. The number of amides is 1. The summed E-state index contributed by atoms with van der Waals surface area (Å²) in [4.78, 5) is 51.6. The Morgan fingerprint density at radius 2 is 1.55 bits per heavy atom. The fraction of sp³-hybridized carbons (Fsp3) is 0.136. The summed E-state index contributed by atoms with van der Waals surface area (Å²) in [7, 11) is 0. The van der Waals surface area contributed by atoms with Crippen molar-refractivity contribution >= 4 is 58.2 Å². The van der Waals surface area contributed by atoms with E-state index in [0.717, 1.165) is 0 Å². The molecule has 1 amide bonds. The van der Waals surface area contributed by atoms with Gasteiger partial charge in [-0.2, -0.15) is 0 Å². The molecule has 3 rings (SSSR count). The molecule has 33 heavy (non-hydrogen) atoms. The Morgan fingerprint density at radius 3 is 2.09 bits per heavy atom. The first-order chi connectivity index (χ1) is 15.6. The third-order valence-corrected chi connectivity index (χ3v) is 4.97. The van der Waals surface area contributed by atoms with Crippen LogP contribution in [0.2, 0.25) is 10.0 Å². The zero-order valence-corrected chi connectivity index (χ0v) is 18.9. The van der Waals surface area contributed by atoms with Crippen LogP contribution in [0.5, 0.6) is 0 Å². The van der Waals surface area contributed by atoms with Crippen molar-refractivity contribution in [2.75, 3.05) is 16.0 Å². The fourth-order valence-electron chi connectivity index (χ4n) is 2.87. The summed E-state index contributed by atoms with van der Waals surface area (Å²) in [6.45, 7) is 3.57. The normalized spacial score (nSPS) is 11.5. The number of carboxylic acids is 1. The highest BCUT2D eigenvalue weighted by atomic mass is 35.5. The van der Waals surface area contributed by atoms with E-state index in [1.165, 1.54) is 18.5 Å². The van der Waals surface area contributed by atoms with Gasteiger partial charge in [-0.15, -0.1) is 0 Å². The average Bonchev–Trinajstić information content (AvgIpc) is 2.75. The van der Waals surface area contributed by atoms with Crippen LogP contribution in [0.3, 0.4) is 0 Å². The van der Waals surface area contributed by atoms with Gasteiger partial charge in [-0.3, -0.25) is 19.4 Å². The number of anilines is 3. The summed E-state index contributed by atoms with van der Waals surface area (Å²) < 4.78 is 0. The number of aromatic nitrogens is 1. The van der Waals surface area contributed by atoms with Gasteiger partial charge in [-0.25, -0.2) is 4.79 Å². The van der Waals surface area contributed by atoms with Gasteiger partial charge >= 0.3 is 5.97 Å². The van der Waals surface area contributed by atoms with E-state index in [-0.39, 0.29) is 38.7 Å². The third-order valence-electron chi connectivity index (χ3n) is 4.39. The Kier molecular flexibility index (Phi) is 7.15. The second-order valence-electron chi connectivity index (χ2n) is 7.25. The van der Waals surface area contributed by atoms with Crippen molar-refractivity contribution in [2.45, 2.75) is 19.9 Å². The molecule has 0 spiro atoms. The second-order valence-corrected chi connectivity index (χ2v) is 8.06. The zero-order chi connectivity index (χ0) is 24.3. The molecular formula is C22H18Cl2N4O5. The van der Waals surface area contributed by atoms with Crippen molar-refractivity contribution in [1.82, 2.24) is 4.98 Å². The number of hydrogen-bond acceptors (Lipinski definition) is 7. The molecule has 0 radical (unpaired) electrons. The minimum atomic E-state index is -1.32. The van der Waals surface area contributed by atoms with Crippen LogP contribution in [0, 0.1) is 0 Å². The third kappa shape index (κ3) is 5.39. The standard InChI is InChI=1S/C22H18Cl2N4O5/c1-10(2)26-17-18(20(30)19(17)29)28-15(22(32)33)7-11-3-5-12(6-4-11)27-21(31)16-13(23)8-25-9-14(16)24/h3-10,26,28H,1-2H3,(H,27,31)(H,32,33). The maximum atomic E-state index is 12.5. The Bertz CT molecular complexity index is 1310. The quantitative estimate of drug-likeness (QED) is 0.278. The van der Waals surface area contributed by atoms with Crippen LogP contribution in [0.15, 0.2) is 51.9 Å². The topological polar surface area (TPSA) is 137 Å². The van der Waals surface area contributed by atoms with Crippen molar-refractivity contribution in [1.29, 1.82) is 0 Å². The van der Waals surface area contributed by atoms with E-state index in [0.29, 0.717) is 11.3 Å². The van der Waals surface area contributed by atoms with Gasteiger partial charge in [0.05, 0.1) is 15.6 Å². The summed E-state index contributed by atoms with van der Waals surface area (Å²) in [5.74, 6) is -1.85. The molecule has 170 valence electrons. The molecule has 9 nitrogen and oxygen atoms in total. The highest BCUT2D eigenvalue weighted by Crippen LogP contribution is 2.24. The number of carbonyl (C=O) groups excluding carboxylic acids is 1. The number of aliphatic carboxylic acids is 1. The number of benzene rings is 1. The van der Waals surface area contributed by atoms with Gasteiger partial charge in [0.25, 0.3) is 16.8 Å². The van der Waals surface area contributed by atoms with Crippen molar-refractivity contribution in [3.8, 4) is 0 Å². The van der Waals surface area contributed by atoms with Gasteiger partial charge < -0.3 is 21.1 Å². The molecular weight excluding hydrogens is 471 g/mol. The van der Waals surface area contributed by atoms with Gasteiger partial charge in [0.2, 0.25) is 0 Å². The van der Waals surface area contributed by atoms with E-state index in [4.69, 9.17) is 23.2 Å². The van der Waals surface area contributed by atoms with Gasteiger partial charge in [-0.1, -0.05) is 35.3 Å². The monoisotopic (exact) mass is 488 g/mol. The summed E-state index contributed by atoms with van der Waals surface area (Å²) >= 11 is 12.0. The van der Waals surface area contributed by atoms with Crippen LogP contribution < -0.4 is 26.8 Å². The number of pyridine rings is 1. The van der Waals surface area contributed by atoms with Crippen molar-refractivity contribution < 1.29 is 14.7 Å². The zero-order valence-electron chi connectivity index (χ0n) is 17.4. The molecule has 0 bridgehead atoms. The fourth-order valence-corrected chi connectivity index (χ4v) is 3.41. The lowest BCUT2D eigenvalue weighted by Gasteiger charge is -2.17. The minimum absolute atomic E-state index is 0.0497. The van der Waals surface area contributed by atoms with E-state index in [1.807, 2.05) is 0 Å². The average molecular weight is 489 g/mol. The first-order valence-electron chi connectivity index (χ1n) is 9.60. The van der Waals surface area contributed by atoms with Crippen LogP contribution in [-0.2, 0) is 4.79 Å². The van der Waals surface area contributed by atoms with Crippen molar-refractivity contribution in [2.24, 2.45) is 0 Å². The van der Waals surface area contributed by atoms with E-state index in [1.54, 1.807) is 38.1 Å². The molecule has 3 aromatic rings. The number of hydrogen-bond donors (Lipinski definition) is 4. The van der Waals surface area contributed by atoms with Crippen LogP contribution in [0.4, 0.5) is 17.1 Å². The summed E-state index contributed by atoms with van der Waals surface area (Å²) in [5.41, 5.74) is -0.894. The summed E-state index contributed by atoms with van der Waals surface area (Å²) in [6, 6.07) is 6.10. The molecule has 0 atom stereocenters. The Labute approximate surface area is 197 Å². The summed E-state index contributed by atoms with van der Waals surface area (Å²) in [6.07, 6.45) is 3.89. The Balaban J connectivity index is 1.79. The SMILES string of the molecule is CC(C)Nc1c(NC(=Cc2ccc(NC(=O)c3c(Cl)cncc3Cl)cc2)C(=O)O)c(=O)c1=O. The van der Waals surface area contributed by atoms with Crippen LogP contribution in [0.25, 0.3) is 6.08 Å². The van der Waals surface area contributed by atoms with Crippen LogP contribution in [-0.4, -0.2) is 28.0 Å². The minimum Gasteiger partial charge on any atom is -0.477 e. The van der Waals surface area contributed by atoms with Gasteiger partial charge in [0, 0.05) is 24.1 Å². The van der Waals surface area contributed by atoms with Crippen LogP contribution in [0.1, 0.15) is 29.8 Å². The van der Waals surface area contributed by atoms with Gasteiger partial charge in [0.15, 0.2) is 0 Å². The molecule has 0 aliphatic heterocycles. The Hall–Kier alpha value is -3.69. The number of nitrogens with zero attached hydrogens (tertiary/aromatic N) is 1. The molecule has 4 N–H and O–H groups in total. The highest BCUT2D eigenvalue weighted by Gasteiger charge is 2.23. The maximum Gasteiger partial charge on any atom is 0.352 e. The predicted molar refractivity (Wildman–Crippen MR) is 128 cm³/mol. The molecule has 2 aromatic carbocycles. The molecule has 11 heteroatoms. The smallest absolute Gasteiger partial charge is 0.352 e. The molecule has 0 unspecified atom stereocenters. The summed E-state index contributed by atoms with van der Waals surface area (Å²) in [5, 5.41) is 17.7. The lowest BCUT2D eigenvalue weighted by molar-refractivity contribution is -0.132. The molecule has 0 saturated heterocycles. The van der Waals surface area contributed by atoms with E-state index in [2.05, 4.69) is 20.9 Å². The van der Waals surface area contributed by atoms with Crippen molar-refractivity contribution in [3.63, 3.8) is 0 Å². The number of carboxylic acid groups (broad SMARTS) is 1. The number of halogens is 2. The molecule has 0 fully saturated rings. The predicted octanol–water partition coefficient (Wildman–Crippen LogP) is 3.59. The van der Waals surface area contributed by atoms with E-state index in [9.17, 15) is 24.3 Å². The van der Waals surface area contributed by atoms with Crippen LogP contribution >= 0.6 is 23.2 Å². The molecule has 0 aliphatic rings. The Morgan fingerprint density at radius 1 is 0.970 bits per heavy atom. The maximum absolute atomic E-state index is 12.5. The van der Waals surface area contributed by atoms with Gasteiger partial charge in [0.1, 0.15) is 17.1 Å². The number of carbonyl (C=O) groups is 2. The largest absolute Gasteiger partial charge is 0.477 e. The molecule has 1 heterocycles. The lowest BCUT2D eigenvalue weighted by Crippen LogP contribution is -2.39. The van der Waals surface area contributed by atoms with Crippen molar-refractivity contribution in [3.05, 3.63) is 84.0 Å². The molecule has 1 aromatic heterocycles. The first kappa shape index (κ1) is 24.0. The van der Waals surface area contributed by atoms with E-state index < -0.39 is 22.7 Å². The number of rotatable bonds is 8. The first-order valence-corrected chi connectivity index (χ1v) is 10.4. The molecule has 0 aliphatic carbocycles. The van der Waals surface area contributed by atoms with E-state index >= 15 is 0 Å². The number of nitrogens with one attached hydrogen (secondary N) is 3. The van der Waals surface area contributed by atoms with Gasteiger partial charge in [-0.05, 0) is 37.6 Å².